The maximum Gasteiger partial charge on any atom is 0.258 e. The van der Waals surface area contributed by atoms with Crippen molar-refractivity contribution in [1.29, 1.82) is 0 Å². The Balaban J connectivity index is 1.82. The predicted octanol–water partition coefficient (Wildman–Crippen LogP) is 0.459. The maximum absolute atomic E-state index is 13.5. The van der Waals surface area contributed by atoms with Gasteiger partial charge < -0.3 is 24.8 Å². The topological polar surface area (TPSA) is 129 Å². The summed E-state index contributed by atoms with van der Waals surface area (Å²) in [7, 11) is -1.94. The predicted molar refractivity (Wildman–Crippen MR) is 136 cm³/mol. The van der Waals surface area contributed by atoms with E-state index < -0.39 is 22.2 Å². The van der Waals surface area contributed by atoms with E-state index in [1.54, 1.807) is 30.0 Å². The Hall–Kier alpha value is -2.25. The van der Waals surface area contributed by atoms with Gasteiger partial charge in [0.05, 0.1) is 44.2 Å². The first-order chi connectivity index (χ1) is 17.0. The second-order valence-corrected chi connectivity index (χ2v) is 11.7. The number of benzene rings is 1. The quantitative estimate of drug-likeness (QED) is 0.475. The van der Waals surface area contributed by atoms with Crippen molar-refractivity contribution in [2.24, 2.45) is 5.92 Å². The minimum atomic E-state index is -3.43. The standard InChI is InChI=1S/C24H38N4O7S/c1-17-14-28(18(2)16-29)24(31)20-13-19(25-23(30)7-8-27-9-11-34-12-10-27)5-6-21(20)35-22(17)15-26(3)36(4,32)33/h5-6,13,17-18,22,29H,7-12,14-16H2,1-4H3,(H,25,30)/t17-,18-,22-/m1/s1. The number of hydrogen-bond acceptors (Lipinski definition) is 8. The van der Waals surface area contributed by atoms with E-state index >= 15 is 0 Å². The second-order valence-electron chi connectivity index (χ2n) is 9.63. The van der Waals surface area contributed by atoms with E-state index in [0.717, 1.165) is 19.3 Å². The summed E-state index contributed by atoms with van der Waals surface area (Å²) in [5, 5.41) is 12.6. The Morgan fingerprint density at radius 3 is 2.64 bits per heavy atom. The van der Waals surface area contributed by atoms with Gasteiger partial charge in [-0.3, -0.25) is 14.5 Å². The molecule has 36 heavy (non-hydrogen) atoms. The van der Waals surface area contributed by atoms with Crippen LogP contribution in [-0.4, -0.2) is 117 Å². The van der Waals surface area contributed by atoms with Crippen molar-refractivity contribution >= 4 is 27.5 Å². The number of morpholine rings is 1. The molecule has 0 saturated carbocycles. The highest BCUT2D eigenvalue weighted by Crippen LogP contribution is 2.31. The number of sulfonamides is 1. The van der Waals surface area contributed by atoms with Crippen molar-refractivity contribution in [2.75, 3.05) is 71.2 Å². The summed E-state index contributed by atoms with van der Waals surface area (Å²) in [4.78, 5) is 29.8. The van der Waals surface area contributed by atoms with Crippen LogP contribution in [0.25, 0.3) is 0 Å². The molecule has 0 unspecified atom stereocenters. The molecule has 1 fully saturated rings. The van der Waals surface area contributed by atoms with Crippen LogP contribution < -0.4 is 10.1 Å². The van der Waals surface area contributed by atoms with Gasteiger partial charge in [0.2, 0.25) is 15.9 Å². The van der Waals surface area contributed by atoms with Gasteiger partial charge in [-0.2, -0.15) is 0 Å². The van der Waals surface area contributed by atoms with E-state index in [-0.39, 0.29) is 43.0 Å². The fraction of sp³-hybridized carbons (Fsp3) is 0.667. The summed E-state index contributed by atoms with van der Waals surface area (Å²) < 4.78 is 36.8. The molecule has 3 rings (SSSR count). The number of carbonyl (C=O) groups is 2. The van der Waals surface area contributed by atoms with Gasteiger partial charge in [-0.15, -0.1) is 0 Å². The molecule has 1 aromatic carbocycles. The van der Waals surface area contributed by atoms with Crippen LogP contribution in [0, 0.1) is 5.92 Å². The van der Waals surface area contributed by atoms with Gasteiger partial charge in [-0.1, -0.05) is 6.92 Å². The fourth-order valence-electron chi connectivity index (χ4n) is 4.21. The molecule has 0 bridgehead atoms. The molecule has 2 aliphatic rings. The second kappa shape index (κ2) is 12.3. The van der Waals surface area contributed by atoms with Gasteiger partial charge in [0, 0.05) is 51.3 Å². The largest absolute Gasteiger partial charge is 0.488 e. The van der Waals surface area contributed by atoms with Crippen LogP contribution in [0.3, 0.4) is 0 Å². The summed E-state index contributed by atoms with van der Waals surface area (Å²) >= 11 is 0. The SMILES string of the molecule is C[C@@H]1CN([C@H](C)CO)C(=O)c2cc(NC(=O)CCN3CCOCC3)ccc2O[C@@H]1CN(C)S(C)(=O)=O. The number of ether oxygens (including phenoxy) is 2. The molecule has 0 spiro atoms. The molecule has 1 aromatic rings. The lowest BCUT2D eigenvalue weighted by molar-refractivity contribution is -0.116. The van der Waals surface area contributed by atoms with Gasteiger partial charge >= 0.3 is 0 Å². The third-order valence-electron chi connectivity index (χ3n) is 6.71. The zero-order chi connectivity index (χ0) is 26.5. The number of aliphatic hydroxyl groups excluding tert-OH is 1. The van der Waals surface area contributed by atoms with Gasteiger partial charge in [-0.25, -0.2) is 12.7 Å². The first kappa shape index (κ1) is 28.3. The van der Waals surface area contributed by atoms with E-state index in [4.69, 9.17) is 9.47 Å². The van der Waals surface area contributed by atoms with Crippen molar-refractivity contribution in [3.05, 3.63) is 23.8 Å². The number of hydrogen-bond donors (Lipinski definition) is 2. The number of amides is 2. The average Bonchev–Trinajstić information content (AvgIpc) is 2.84. The van der Waals surface area contributed by atoms with Crippen LogP contribution in [-0.2, 0) is 19.6 Å². The van der Waals surface area contributed by atoms with Gasteiger partial charge in [-0.05, 0) is 25.1 Å². The third-order valence-corrected chi connectivity index (χ3v) is 7.99. The highest BCUT2D eigenvalue weighted by Gasteiger charge is 2.34. The maximum atomic E-state index is 13.5. The molecular formula is C24H38N4O7S. The van der Waals surface area contributed by atoms with E-state index in [9.17, 15) is 23.1 Å². The summed E-state index contributed by atoms with van der Waals surface area (Å²) in [6, 6.07) is 4.42. The number of nitrogens with one attached hydrogen (secondary N) is 1. The van der Waals surface area contributed by atoms with Gasteiger partial charge in [0.25, 0.3) is 5.91 Å². The zero-order valence-electron chi connectivity index (χ0n) is 21.5. The van der Waals surface area contributed by atoms with E-state index in [0.29, 0.717) is 37.6 Å². The summed E-state index contributed by atoms with van der Waals surface area (Å²) in [5.74, 6) is -0.389. The molecule has 0 aromatic heterocycles. The smallest absolute Gasteiger partial charge is 0.258 e. The zero-order valence-corrected chi connectivity index (χ0v) is 22.3. The summed E-state index contributed by atoms with van der Waals surface area (Å²) in [6.45, 7) is 7.34. The number of nitrogens with zero attached hydrogens (tertiary/aromatic N) is 3. The molecule has 2 heterocycles. The van der Waals surface area contributed by atoms with Crippen LogP contribution in [0.2, 0.25) is 0 Å². The third kappa shape index (κ3) is 7.39. The minimum absolute atomic E-state index is 0.106. The lowest BCUT2D eigenvalue weighted by Crippen LogP contribution is -2.50. The average molecular weight is 527 g/mol. The molecular weight excluding hydrogens is 488 g/mol. The molecule has 202 valence electrons. The van der Waals surface area contributed by atoms with Crippen molar-refractivity contribution in [1.82, 2.24) is 14.1 Å². The number of aliphatic hydroxyl groups is 1. The number of likely N-dealkylation sites (N-methyl/N-ethyl adjacent to an activating group) is 1. The van der Waals surface area contributed by atoms with Crippen molar-refractivity contribution in [3.8, 4) is 5.75 Å². The van der Waals surface area contributed by atoms with Crippen molar-refractivity contribution < 1.29 is 32.6 Å². The summed E-state index contributed by atoms with van der Waals surface area (Å²) in [6.07, 6.45) is 0.915. The Kier molecular flexibility index (Phi) is 9.70. The Morgan fingerprint density at radius 1 is 1.31 bits per heavy atom. The van der Waals surface area contributed by atoms with E-state index in [2.05, 4.69) is 10.2 Å². The monoisotopic (exact) mass is 526 g/mol. The van der Waals surface area contributed by atoms with Crippen LogP contribution in [0.5, 0.6) is 5.75 Å². The number of rotatable bonds is 9. The minimum Gasteiger partial charge on any atom is -0.488 e. The molecule has 11 nitrogen and oxygen atoms in total. The molecule has 1 saturated heterocycles. The van der Waals surface area contributed by atoms with Crippen molar-refractivity contribution in [2.45, 2.75) is 32.4 Å². The Labute approximate surface area is 213 Å². The molecule has 0 radical (unpaired) electrons. The number of anilines is 1. The van der Waals surface area contributed by atoms with Crippen LogP contribution >= 0.6 is 0 Å². The van der Waals surface area contributed by atoms with Crippen LogP contribution in [0.15, 0.2) is 18.2 Å². The fourth-order valence-corrected chi connectivity index (χ4v) is 4.63. The Morgan fingerprint density at radius 2 is 2.00 bits per heavy atom. The first-order valence-electron chi connectivity index (χ1n) is 12.2. The lowest BCUT2D eigenvalue weighted by Gasteiger charge is -2.38. The van der Waals surface area contributed by atoms with Gasteiger partial charge in [0.15, 0.2) is 0 Å². The van der Waals surface area contributed by atoms with Crippen LogP contribution in [0.4, 0.5) is 5.69 Å². The first-order valence-corrected chi connectivity index (χ1v) is 14.1. The molecule has 2 aliphatic heterocycles. The van der Waals surface area contributed by atoms with E-state index in [1.807, 2.05) is 6.92 Å². The molecule has 0 aliphatic carbocycles. The Bertz CT molecular complexity index is 1030. The number of carbonyl (C=O) groups excluding carboxylic acids is 2. The summed E-state index contributed by atoms with van der Waals surface area (Å²) in [5.41, 5.74) is 0.716. The van der Waals surface area contributed by atoms with E-state index in [1.165, 1.54) is 11.4 Å². The van der Waals surface area contributed by atoms with Crippen LogP contribution in [0.1, 0.15) is 30.6 Å². The number of fused-ring (bicyclic) bond motifs is 1. The molecule has 3 atom stereocenters. The highest BCUT2D eigenvalue weighted by molar-refractivity contribution is 7.88. The van der Waals surface area contributed by atoms with Crippen molar-refractivity contribution in [3.63, 3.8) is 0 Å². The molecule has 12 heteroatoms. The lowest BCUT2D eigenvalue weighted by atomic mass is 9.99. The molecule has 2 N–H and O–H groups in total. The highest BCUT2D eigenvalue weighted by atomic mass is 32.2. The normalized spacial score (nSPS) is 22.4. The molecule has 2 amide bonds. The van der Waals surface area contributed by atoms with Gasteiger partial charge in [0.1, 0.15) is 11.9 Å².